The second-order valence-electron chi connectivity index (χ2n) is 7.50. The molecule has 0 radical (unpaired) electrons. The molecule has 0 spiro atoms. The van der Waals surface area contributed by atoms with Crippen LogP contribution >= 0.6 is 23.2 Å². The van der Waals surface area contributed by atoms with Gasteiger partial charge < -0.3 is 15.2 Å². The maximum atomic E-state index is 13.6. The molecule has 2 N–H and O–H groups in total. The van der Waals surface area contributed by atoms with Crippen LogP contribution < -0.4 is 10.1 Å². The molecule has 1 aliphatic rings. The second-order valence-corrected chi connectivity index (χ2v) is 8.31. The van der Waals surface area contributed by atoms with Crippen molar-refractivity contribution in [2.75, 3.05) is 45.9 Å². The summed E-state index contributed by atoms with van der Waals surface area (Å²) in [6.07, 6.45) is -0.722. The predicted octanol–water partition coefficient (Wildman–Crippen LogP) is 2.81. The van der Waals surface area contributed by atoms with Crippen LogP contribution in [0, 0.1) is 5.82 Å². The molecule has 31 heavy (non-hydrogen) atoms. The lowest BCUT2D eigenvalue weighted by Gasteiger charge is -2.35. The van der Waals surface area contributed by atoms with Gasteiger partial charge in [-0.2, -0.15) is 0 Å². The van der Waals surface area contributed by atoms with Gasteiger partial charge in [-0.05, 0) is 29.8 Å². The van der Waals surface area contributed by atoms with Crippen LogP contribution in [0.2, 0.25) is 10.0 Å². The monoisotopic (exact) mass is 469 g/mol. The van der Waals surface area contributed by atoms with Crippen LogP contribution in [0.1, 0.15) is 5.56 Å². The van der Waals surface area contributed by atoms with E-state index in [0.717, 1.165) is 31.7 Å². The normalized spacial score (nSPS) is 16.1. The zero-order valence-corrected chi connectivity index (χ0v) is 18.6. The van der Waals surface area contributed by atoms with Gasteiger partial charge in [-0.25, -0.2) is 4.39 Å². The Morgan fingerprint density at radius 3 is 2.52 bits per heavy atom. The number of carbonyl (C=O) groups is 1. The summed E-state index contributed by atoms with van der Waals surface area (Å²) in [4.78, 5) is 16.4. The fraction of sp³-hybridized carbons (Fsp3) is 0.409. The molecule has 168 valence electrons. The Hall–Kier alpha value is -1.90. The number of carbonyl (C=O) groups excluding carboxylic acids is 1. The first-order valence-corrected chi connectivity index (χ1v) is 10.9. The molecule has 1 atom stereocenters. The molecule has 1 heterocycles. The van der Waals surface area contributed by atoms with Crippen LogP contribution in [0.15, 0.2) is 42.5 Å². The minimum Gasteiger partial charge on any atom is -0.488 e. The molecular formula is C22H26Cl2FN3O3. The molecular weight excluding hydrogens is 444 g/mol. The Balaban J connectivity index is 1.33. The molecule has 2 aromatic rings. The van der Waals surface area contributed by atoms with Crippen molar-refractivity contribution in [3.05, 3.63) is 63.9 Å². The van der Waals surface area contributed by atoms with E-state index < -0.39 is 11.9 Å². The molecule has 0 bridgehead atoms. The first-order valence-electron chi connectivity index (χ1n) is 10.1. The number of ether oxygens (including phenoxy) is 1. The molecule has 1 unspecified atom stereocenters. The van der Waals surface area contributed by atoms with Gasteiger partial charge in [0.15, 0.2) is 11.6 Å². The molecule has 2 aromatic carbocycles. The molecule has 1 saturated heterocycles. The van der Waals surface area contributed by atoms with Crippen molar-refractivity contribution in [3.63, 3.8) is 0 Å². The summed E-state index contributed by atoms with van der Waals surface area (Å²) in [6, 6.07) is 11.4. The van der Waals surface area contributed by atoms with E-state index in [2.05, 4.69) is 15.1 Å². The number of halogens is 3. The lowest BCUT2D eigenvalue weighted by Crippen LogP contribution is -2.51. The van der Waals surface area contributed by atoms with Crippen LogP contribution in [-0.4, -0.2) is 72.8 Å². The Morgan fingerprint density at radius 2 is 1.81 bits per heavy atom. The number of para-hydroxylation sites is 1. The van der Waals surface area contributed by atoms with Gasteiger partial charge in [-0.1, -0.05) is 41.4 Å². The van der Waals surface area contributed by atoms with E-state index in [1.165, 1.54) is 12.1 Å². The topological polar surface area (TPSA) is 65.0 Å². The van der Waals surface area contributed by atoms with Gasteiger partial charge in [0, 0.05) is 39.3 Å². The van der Waals surface area contributed by atoms with Gasteiger partial charge in [0.1, 0.15) is 12.7 Å². The number of hydrogen-bond acceptors (Lipinski definition) is 5. The SMILES string of the molecule is O=C(CN1CCN(CC(O)COc2ccccc2F)CC1)NCc1ccc(Cl)c(Cl)c1. The lowest BCUT2D eigenvalue weighted by atomic mass is 10.2. The molecule has 0 saturated carbocycles. The minimum atomic E-state index is -0.722. The Morgan fingerprint density at radius 1 is 1.10 bits per heavy atom. The third-order valence-electron chi connectivity index (χ3n) is 5.04. The minimum absolute atomic E-state index is 0.0261. The third-order valence-corrected chi connectivity index (χ3v) is 5.78. The van der Waals surface area contributed by atoms with Gasteiger partial charge in [0.2, 0.25) is 5.91 Å². The number of rotatable bonds is 9. The summed E-state index contributed by atoms with van der Waals surface area (Å²) in [5, 5.41) is 14.0. The zero-order chi connectivity index (χ0) is 22.2. The van der Waals surface area contributed by atoms with Gasteiger partial charge in [-0.15, -0.1) is 0 Å². The van der Waals surface area contributed by atoms with E-state index in [1.807, 2.05) is 6.07 Å². The van der Waals surface area contributed by atoms with Crippen molar-refractivity contribution in [1.29, 1.82) is 0 Å². The summed E-state index contributed by atoms with van der Waals surface area (Å²) in [6.45, 7) is 4.08. The number of benzene rings is 2. The number of nitrogens with one attached hydrogen (secondary N) is 1. The highest BCUT2D eigenvalue weighted by molar-refractivity contribution is 6.42. The molecule has 3 rings (SSSR count). The molecule has 1 aliphatic heterocycles. The van der Waals surface area contributed by atoms with Crippen LogP contribution in [0.5, 0.6) is 5.75 Å². The van der Waals surface area contributed by atoms with Gasteiger partial charge in [0.25, 0.3) is 0 Å². The highest BCUT2D eigenvalue weighted by atomic mass is 35.5. The number of aliphatic hydroxyl groups excluding tert-OH is 1. The predicted molar refractivity (Wildman–Crippen MR) is 119 cm³/mol. The Kier molecular flexibility index (Phi) is 8.92. The van der Waals surface area contributed by atoms with E-state index in [1.54, 1.807) is 24.3 Å². The second kappa shape index (κ2) is 11.6. The molecule has 6 nitrogen and oxygen atoms in total. The highest BCUT2D eigenvalue weighted by Crippen LogP contribution is 2.22. The fourth-order valence-corrected chi connectivity index (χ4v) is 3.66. The Labute approximate surface area is 191 Å². The van der Waals surface area contributed by atoms with E-state index in [9.17, 15) is 14.3 Å². The lowest BCUT2D eigenvalue weighted by molar-refractivity contribution is -0.122. The van der Waals surface area contributed by atoms with E-state index >= 15 is 0 Å². The van der Waals surface area contributed by atoms with E-state index in [-0.39, 0.29) is 18.3 Å². The quantitative estimate of drug-likeness (QED) is 0.590. The van der Waals surface area contributed by atoms with Crippen molar-refractivity contribution >= 4 is 29.1 Å². The molecule has 9 heteroatoms. The molecule has 0 aliphatic carbocycles. The van der Waals surface area contributed by atoms with Crippen molar-refractivity contribution in [1.82, 2.24) is 15.1 Å². The number of hydrogen-bond donors (Lipinski definition) is 2. The van der Waals surface area contributed by atoms with Crippen molar-refractivity contribution in [2.24, 2.45) is 0 Å². The van der Waals surface area contributed by atoms with Crippen molar-refractivity contribution < 1.29 is 19.0 Å². The van der Waals surface area contributed by atoms with Gasteiger partial charge in [-0.3, -0.25) is 14.6 Å². The maximum Gasteiger partial charge on any atom is 0.234 e. The van der Waals surface area contributed by atoms with Gasteiger partial charge in [0.05, 0.1) is 16.6 Å². The van der Waals surface area contributed by atoms with E-state index in [4.69, 9.17) is 27.9 Å². The number of aliphatic hydroxyl groups is 1. The van der Waals surface area contributed by atoms with E-state index in [0.29, 0.717) is 29.7 Å². The summed E-state index contributed by atoms with van der Waals surface area (Å²) < 4.78 is 18.9. The zero-order valence-electron chi connectivity index (χ0n) is 17.1. The third kappa shape index (κ3) is 7.63. The first-order chi connectivity index (χ1) is 14.9. The average Bonchev–Trinajstić information content (AvgIpc) is 2.75. The van der Waals surface area contributed by atoms with Crippen LogP contribution in [0.3, 0.4) is 0 Å². The van der Waals surface area contributed by atoms with Crippen molar-refractivity contribution in [3.8, 4) is 5.75 Å². The number of β-amino-alcohol motifs (C(OH)–C–C–N with tert-alkyl or cyclic N) is 1. The smallest absolute Gasteiger partial charge is 0.234 e. The standard InChI is InChI=1S/C22H26Cl2FN3O3/c23-18-6-5-16(11-19(18)24)12-26-22(30)14-28-9-7-27(8-10-28)13-17(29)15-31-21-4-2-1-3-20(21)25/h1-6,11,17,29H,7-10,12-15H2,(H,26,30). The van der Waals surface area contributed by atoms with Crippen LogP contribution in [-0.2, 0) is 11.3 Å². The summed E-state index contributed by atoms with van der Waals surface area (Å²) in [5.74, 6) is -0.364. The maximum absolute atomic E-state index is 13.6. The van der Waals surface area contributed by atoms with Crippen LogP contribution in [0.25, 0.3) is 0 Å². The van der Waals surface area contributed by atoms with Gasteiger partial charge >= 0.3 is 0 Å². The highest BCUT2D eigenvalue weighted by Gasteiger charge is 2.21. The molecule has 1 fully saturated rings. The molecule has 1 amide bonds. The Bertz CT molecular complexity index is 879. The summed E-state index contributed by atoms with van der Waals surface area (Å²) in [7, 11) is 0. The first kappa shape index (κ1) is 23.8. The largest absolute Gasteiger partial charge is 0.488 e. The molecule has 0 aromatic heterocycles. The van der Waals surface area contributed by atoms with Crippen LogP contribution in [0.4, 0.5) is 4.39 Å². The average molecular weight is 470 g/mol. The summed E-state index contributed by atoms with van der Waals surface area (Å²) in [5.41, 5.74) is 0.888. The number of piperazine rings is 1. The van der Waals surface area contributed by atoms with Crippen molar-refractivity contribution in [2.45, 2.75) is 12.6 Å². The fourth-order valence-electron chi connectivity index (χ4n) is 3.34. The number of nitrogens with zero attached hydrogens (tertiary/aromatic N) is 2. The number of amides is 1. The summed E-state index contributed by atoms with van der Waals surface area (Å²) >= 11 is 11.9.